The number of ether oxygens (including phenoxy) is 1. The Morgan fingerprint density at radius 3 is 2.77 bits per heavy atom. The molecular formula is C23H19ClFN3O3. The molecule has 2 amide bonds. The molecule has 158 valence electrons. The SMILES string of the molecule is O=C(Nc1ccc2c(c1)CN(CCc1ccc(F)cc1)C(=O)CO2)c1cccnc1Cl. The van der Waals surface area contributed by atoms with Crippen LogP contribution in [0.5, 0.6) is 5.75 Å². The summed E-state index contributed by atoms with van der Waals surface area (Å²) >= 11 is 5.99. The number of benzene rings is 2. The van der Waals surface area contributed by atoms with Crippen molar-refractivity contribution in [3.63, 3.8) is 0 Å². The summed E-state index contributed by atoms with van der Waals surface area (Å²) in [6, 6.07) is 14.7. The fourth-order valence-corrected chi connectivity index (χ4v) is 3.52. The second kappa shape index (κ2) is 9.14. The van der Waals surface area contributed by atoms with E-state index in [1.807, 2.05) is 0 Å². The fraction of sp³-hybridized carbons (Fsp3) is 0.174. The van der Waals surface area contributed by atoms with E-state index < -0.39 is 0 Å². The van der Waals surface area contributed by atoms with Crippen LogP contribution < -0.4 is 10.1 Å². The Morgan fingerprint density at radius 1 is 1.19 bits per heavy atom. The summed E-state index contributed by atoms with van der Waals surface area (Å²) in [5.41, 5.74) is 2.54. The van der Waals surface area contributed by atoms with Crippen molar-refractivity contribution < 1.29 is 18.7 Å². The predicted octanol–water partition coefficient (Wildman–Crippen LogP) is 4.09. The average molecular weight is 440 g/mol. The van der Waals surface area contributed by atoms with E-state index >= 15 is 0 Å². The number of aromatic nitrogens is 1. The first-order valence-corrected chi connectivity index (χ1v) is 10.1. The van der Waals surface area contributed by atoms with Crippen molar-refractivity contribution in [3.05, 3.63) is 88.5 Å². The molecule has 0 unspecified atom stereocenters. The summed E-state index contributed by atoms with van der Waals surface area (Å²) in [5.74, 6) is -0.211. The number of amides is 2. The van der Waals surface area contributed by atoms with Crippen LogP contribution in [0.2, 0.25) is 5.15 Å². The van der Waals surface area contributed by atoms with Crippen molar-refractivity contribution in [3.8, 4) is 5.75 Å². The van der Waals surface area contributed by atoms with E-state index in [1.165, 1.54) is 18.3 Å². The second-order valence-electron chi connectivity index (χ2n) is 7.10. The van der Waals surface area contributed by atoms with Gasteiger partial charge in [-0.05, 0) is 54.4 Å². The number of rotatable bonds is 5. The van der Waals surface area contributed by atoms with Crippen LogP contribution in [-0.4, -0.2) is 34.8 Å². The maximum absolute atomic E-state index is 13.1. The molecule has 1 aromatic heterocycles. The van der Waals surface area contributed by atoms with Gasteiger partial charge >= 0.3 is 0 Å². The Morgan fingerprint density at radius 2 is 2.00 bits per heavy atom. The molecule has 2 aromatic carbocycles. The summed E-state index contributed by atoms with van der Waals surface area (Å²) in [4.78, 5) is 30.6. The summed E-state index contributed by atoms with van der Waals surface area (Å²) < 4.78 is 18.7. The first-order chi connectivity index (χ1) is 15.0. The molecule has 2 heterocycles. The molecule has 0 saturated carbocycles. The number of nitrogens with zero attached hydrogens (tertiary/aromatic N) is 2. The van der Waals surface area contributed by atoms with Crippen LogP contribution in [0.15, 0.2) is 60.8 Å². The number of pyridine rings is 1. The minimum atomic E-state index is -0.378. The van der Waals surface area contributed by atoms with Crippen LogP contribution in [0.25, 0.3) is 0 Å². The smallest absolute Gasteiger partial charge is 0.260 e. The molecule has 1 aliphatic heterocycles. The molecule has 0 aliphatic carbocycles. The highest BCUT2D eigenvalue weighted by Gasteiger charge is 2.22. The van der Waals surface area contributed by atoms with Gasteiger partial charge in [-0.25, -0.2) is 9.37 Å². The van der Waals surface area contributed by atoms with Crippen LogP contribution in [0.3, 0.4) is 0 Å². The van der Waals surface area contributed by atoms with Crippen molar-refractivity contribution in [1.29, 1.82) is 0 Å². The first kappa shape index (κ1) is 20.8. The van der Waals surface area contributed by atoms with Gasteiger partial charge in [0.05, 0.1) is 5.56 Å². The first-order valence-electron chi connectivity index (χ1n) is 9.69. The third-order valence-electron chi connectivity index (χ3n) is 4.97. The van der Waals surface area contributed by atoms with Crippen LogP contribution in [0.4, 0.5) is 10.1 Å². The number of nitrogens with one attached hydrogen (secondary N) is 1. The predicted molar refractivity (Wildman–Crippen MR) is 115 cm³/mol. The van der Waals surface area contributed by atoms with Gasteiger partial charge < -0.3 is 15.0 Å². The van der Waals surface area contributed by atoms with E-state index in [-0.39, 0.29) is 35.0 Å². The molecule has 1 aliphatic rings. The maximum Gasteiger partial charge on any atom is 0.260 e. The summed E-state index contributed by atoms with van der Waals surface area (Å²) in [6.07, 6.45) is 2.10. The molecule has 0 spiro atoms. The van der Waals surface area contributed by atoms with Gasteiger partial charge in [0.2, 0.25) is 0 Å². The lowest BCUT2D eigenvalue weighted by atomic mass is 10.1. The van der Waals surface area contributed by atoms with E-state index in [1.54, 1.807) is 47.4 Å². The Kier molecular flexibility index (Phi) is 6.13. The van der Waals surface area contributed by atoms with Gasteiger partial charge in [-0.15, -0.1) is 0 Å². The highest BCUT2D eigenvalue weighted by molar-refractivity contribution is 6.33. The van der Waals surface area contributed by atoms with Gasteiger partial charge in [0.1, 0.15) is 16.7 Å². The monoisotopic (exact) mass is 439 g/mol. The van der Waals surface area contributed by atoms with Gasteiger partial charge in [-0.2, -0.15) is 0 Å². The number of halogens is 2. The van der Waals surface area contributed by atoms with Crippen molar-refractivity contribution >= 4 is 29.1 Å². The summed E-state index contributed by atoms with van der Waals surface area (Å²) in [6.45, 7) is 0.745. The average Bonchev–Trinajstić information content (AvgIpc) is 2.92. The van der Waals surface area contributed by atoms with Gasteiger partial charge in [0, 0.05) is 30.5 Å². The minimum absolute atomic E-state index is 0.0621. The molecule has 3 aromatic rings. The Hall–Kier alpha value is -3.45. The Bertz CT molecular complexity index is 1120. The normalized spacial score (nSPS) is 13.2. The topological polar surface area (TPSA) is 71.5 Å². The van der Waals surface area contributed by atoms with Gasteiger partial charge in [0.25, 0.3) is 11.8 Å². The number of hydrogen-bond donors (Lipinski definition) is 1. The van der Waals surface area contributed by atoms with E-state index in [4.69, 9.17) is 16.3 Å². The van der Waals surface area contributed by atoms with Crippen LogP contribution in [0, 0.1) is 5.82 Å². The van der Waals surface area contributed by atoms with Crippen molar-refractivity contribution in [2.24, 2.45) is 0 Å². The summed E-state index contributed by atoms with van der Waals surface area (Å²) in [7, 11) is 0. The molecule has 0 atom stereocenters. The number of carbonyl (C=O) groups excluding carboxylic acids is 2. The Labute approximate surface area is 183 Å². The van der Waals surface area contributed by atoms with Crippen LogP contribution >= 0.6 is 11.6 Å². The number of fused-ring (bicyclic) bond motifs is 1. The molecule has 0 fully saturated rings. The van der Waals surface area contributed by atoms with Gasteiger partial charge in [0.15, 0.2) is 6.61 Å². The molecule has 0 saturated heterocycles. The fourth-order valence-electron chi connectivity index (χ4n) is 3.32. The third-order valence-corrected chi connectivity index (χ3v) is 5.27. The van der Waals surface area contributed by atoms with Crippen LogP contribution in [0.1, 0.15) is 21.5 Å². The third kappa shape index (κ3) is 5.00. The van der Waals surface area contributed by atoms with E-state index in [9.17, 15) is 14.0 Å². The second-order valence-corrected chi connectivity index (χ2v) is 7.46. The lowest BCUT2D eigenvalue weighted by Gasteiger charge is -2.20. The van der Waals surface area contributed by atoms with E-state index in [2.05, 4.69) is 10.3 Å². The van der Waals surface area contributed by atoms with Crippen molar-refractivity contribution in [2.45, 2.75) is 13.0 Å². The molecule has 4 rings (SSSR count). The summed E-state index contributed by atoms with van der Waals surface area (Å²) in [5, 5.41) is 2.92. The van der Waals surface area contributed by atoms with Gasteiger partial charge in [-0.3, -0.25) is 9.59 Å². The number of carbonyl (C=O) groups is 2. The number of anilines is 1. The standard InChI is InChI=1S/C23H19ClFN3O3/c24-22-19(2-1-10-26-22)23(30)27-18-7-8-20-16(12-18)13-28(21(29)14-31-20)11-9-15-3-5-17(25)6-4-15/h1-8,10,12H,9,11,13-14H2,(H,27,30). The zero-order valence-electron chi connectivity index (χ0n) is 16.5. The van der Waals surface area contributed by atoms with Crippen molar-refractivity contribution in [2.75, 3.05) is 18.5 Å². The zero-order valence-corrected chi connectivity index (χ0v) is 17.2. The molecule has 8 heteroatoms. The molecule has 0 radical (unpaired) electrons. The lowest BCUT2D eigenvalue weighted by molar-refractivity contribution is -0.133. The molecule has 0 bridgehead atoms. The largest absolute Gasteiger partial charge is 0.483 e. The molecule has 6 nitrogen and oxygen atoms in total. The number of hydrogen-bond acceptors (Lipinski definition) is 4. The zero-order chi connectivity index (χ0) is 21.8. The lowest BCUT2D eigenvalue weighted by Crippen LogP contribution is -2.34. The minimum Gasteiger partial charge on any atom is -0.483 e. The molecule has 1 N–H and O–H groups in total. The van der Waals surface area contributed by atoms with Gasteiger partial charge in [-0.1, -0.05) is 23.7 Å². The highest BCUT2D eigenvalue weighted by atomic mass is 35.5. The molecular weight excluding hydrogens is 421 g/mol. The molecule has 31 heavy (non-hydrogen) atoms. The maximum atomic E-state index is 13.1. The quantitative estimate of drug-likeness (QED) is 0.608. The van der Waals surface area contributed by atoms with Crippen molar-refractivity contribution in [1.82, 2.24) is 9.88 Å². The van der Waals surface area contributed by atoms with E-state index in [0.29, 0.717) is 30.9 Å². The van der Waals surface area contributed by atoms with Crippen LogP contribution in [-0.2, 0) is 17.8 Å². The van der Waals surface area contributed by atoms with E-state index in [0.717, 1.165) is 11.1 Å². The Balaban J connectivity index is 1.48. The highest BCUT2D eigenvalue weighted by Crippen LogP contribution is 2.27.